The van der Waals surface area contributed by atoms with Gasteiger partial charge in [0, 0.05) is 22.5 Å². The van der Waals surface area contributed by atoms with E-state index in [1.54, 1.807) is 0 Å². The van der Waals surface area contributed by atoms with Crippen molar-refractivity contribution in [2.45, 2.75) is 58.3 Å². The Labute approximate surface area is 166 Å². The number of aryl methyl sites for hydroxylation is 1. The molecule has 2 heteroatoms. The third-order valence-corrected chi connectivity index (χ3v) is 6.30. The molecule has 0 spiro atoms. The van der Waals surface area contributed by atoms with Crippen LogP contribution in [0.1, 0.15) is 68.3 Å². The molecular weight excluding hydrogens is 342 g/mol. The second-order valence-corrected chi connectivity index (χ2v) is 8.62. The molecule has 0 N–H and O–H groups in total. The molecule has 0 atom stereocenters. The van der Waals surface area contributed by atoms with Gasteiger partial charge in [-0.15, -0.1) is 0 Å². The number of furan rings is 1. The molecule has 0 unspecified atom stereocenters. The molecule has 1 aliphatic carbocycles. The zero-order chi connectivity index (χ0) is 19.3. The van der Waals surface area contributed by atoms with Crippen molar-refractivity contribution in [3.05, 3.63) is 65.5 Å². The smallest absolute Gasteiger partial charge is 0.143 e. The minimum absolute atomic E-state index is 0.460. The number of benzene rings is 2. The van der Waals surface area contributed by atoms with E-state index >= 15 is 0 Å². The topological polar surface area (TPSA) is 26.0 Å². The fourth-order valence-corrected chi connectivity index (χ4v) is 4.74. The van der Waals surface area contributed by atoms with Gasteiger partial charge in [-0.3, -0.25) is 4.98 Å². The number of hydrogen-bond donors (Lipinski definition) is 0. The molecule has 2 aromatic carbocycles. The molecule has 1 fully saturated rings. The summed E-state index contributed by atoms with van der Waals surface area (Å²) in [5.74, 6) is 2.13. The first-order valence-corrected chi connectivity index (χ1v) is 10.5. The molecule has 0 amide bonds. The average molecular weight is 370 g/mol. The maximum atomic E-state index is 6.10. The Balaban J connectivity index is 1.72. The van der Waals surface area contributed by atoms with Gasteiger partial charge in [-0.05, 0) is 72.4 Å². The summed E-state index contributed by atoms with van der Waals surface area (Å²) in [5.41, 5.74) is 5.88. The van der Waals surface area contributed by atoms with Crippen LogP contribution in [0.3, 0.4) is 0 Å². The summed E-state index contributed by atoms with van der Waals surface area (Å²) in [5, 5.41) is 3.65. The van der Waals surface area contributed by atoms with Gasteiger partial charge in [0.25, 0.3) is 0 Å². The van der Waals surface area contributed by atoms with Crippen molar-refractivity contribution in [3.63, 3.8) is 0 Å². The lowest BCUT2D eigenvalue weighted by atomic mass is 9.92. The fourth-order valence-electron chi connectivity index (χ4n) is 4.74. The van der Waals surface area contributed by atoms with E-state index in [1.165, 1.54) is 53.0 Å². The molecule has 142 valence electrons. The van der Waals surface area contributed by atoms with Crippen LogP contribution < -0.4 is 0 Å². The van der Waals surface area contributed by atoms with Crippen molar-refractivity contribution in [1.29, 1.82) is 0 Å². The first kappa shape index (κ1) is 17.5. The lowest BCUT2D eigenvalue weighted by Crippen LogP contribution is -1.94. The molecule has 4 aromatic rings. The molecule has 28 heavy (non-hydrogen) atoms. The standard InChI is InChI=1S/C26H27NO/c1-16(2)21-14-22-12-17(3)28-26(22)24(15-21)25-23-9-8-19(18-6-4-5-7-18)13-20(23)10-11-27-25/h8-16,18H,4-7H2,1-3H3. The predicted octanol–water partition coefficient (Wildman–Crippen LogP) is 7.74. The summed E-state index contributed by atoms with van der Waals surface area (Å²) in [6.07, 6.45) is 7.32. The SMILES string of the molecule is Cc1cc2cc(C(C)C)cc(-c3nccc4cc(C5CCCC5)ccc34)c2o1. The van der Waals surface area contributed by atoms with Crippen molar-refractivity contribution in [3.8, 4) is 11.3 Å². The van der Waals surface area contributed by atoms with Gasteiger partial charge in [-0.2, -0.15) is 0 Å². The predicted molar refractivity (Wildman–Crippen MR) is 117 cm³/mol. The molecule has 1 aliphatic rings. The van der Waals surface area contributed by atoms with Crippen LogP contribution in [0.5, 0.6) is 0 Å². The van der Waals surface area contributed by atoms with Crippen molar-refractivity contribution >= 4 is 21.7 Å². The summed E-state index contributed by atoms with van der Waals surface area (Å²) in [7, 11) is 0. The highest BCUT2D eigenvalue weighted by molar-refractivity contribution is 6.02. The molecule has 2 heterocycles. The quantitative estimate of drug-likeness (QED) is 0.369. The number of nitrogens with zero attached hydrogens (tertiary/aromatic N) is 1. The Morgan fingerprint density at radius 2 is 1.79 bits per heavy atom. The molecule has 5 rings (SSSR count). The monoisotopic (exact) mass is 369 g/mol. The molecule has 0 radical (unpaired) electrons. The number of hydrogen-bond acceptors (Lipinski definition) is 2. The van der Waals surface area contributed by atoms with Gasteiger partial charge in [0.2, 0.25) is 0 Å². The van der Waals surface area contributed by atoms with Gasteiger partial charge in [0.05, 0.1) is 5.69 Å². The van der Waals surface area contributed by atoms with Gasteiger partial charge in [0.1, 0.15) is 11.3 Å². The second-order valence-electron chi connectivity index (χ2n) is 8.62. The van der Waals surface area contributed by atoms with Gasteiger partial charge in [-0.1, -0.05) is 44.9 Å². The number of pyridine rings is 1. The van der Waals surface area contributed by atoms with E-state index in [0.717, 1.165) is 28.5 Å². The van der Waals surface area contributed by atoms with Gasteiger partial charge >= 0.3 is 0 Å². The van der Waals surface area contributed by atoms with Crippen LogP contribution in [0.25, 0.3) is 33.0 Å². The number of fused-ring (bicyclic) bond motifs is 2. The van der Waals surface area contributed by atoms with Crippen LogP contribution in [-0.4, -0.2) is 4.98 Å². The zero-order valence-corrected chi connectivity index (χ0v) is 17.0. The highest BCUT2D eigenvalue weighted by Gasteiger charge is 2.19. The van der Waals surface area contributed by atoms with E-state index in [-0.39, 0.29) is 0 Å². The summed E-state index contributed by atoms with van der Waals surface area (Å²) in [6, 6.07) is 15.8. The summed E-state index contributed by atoms with van der Waals surface area (Å²) in [6.45, 7) is 6.49. The highest BCUT2D eigenvalue weighted by Crippen LogP contribution is 2.39. The van der Waals surface area contributed by atoms with E-state index in [0.29, 0.717) is 5.92 Å². The Hall–Kier alpha value is -2.61. The lowest BCUT2D eigenvalue weighted by Gasteiger charge is -2.14. The minimum atomic E-state index is 0.460. The fraction of sp³-hybridized carbons (Fsp3) is 0.346. The minimum Gasteiger partial charge on any atom is -0.461 e. The maximum absolute atomic E-state index is 6.10. The largest absolute Gasteiger partial charge is 0.461 e. The van der Waals surface area contributed by atoms with Crippen molar-refractivity contribution in [1.82, 2.24) is 4.98 Å². The van der Waals surface area contributed by atoms with Gasteiger partial charge in [-0.25, -0.2) is 0 Å². The van der Waals surface area contributed by atoms with E-state index in [9.17, 15) is 0 Å². The van der Waals surface area contributed by atoms with E-state index in [4.69, 9.17) is 9.40 Å². The van der Waals surface area contributed by atoms with E-state index in [2.05, 4.69) is 56.3 Å². The third-order valence-electron chi connectivity index (χ3n) is 6.30. The third kappa shape index (κ3) is 2.92. The van der Waals surface area contributed by atoms with Crippen LogP contribution in [0, 0.1) is 6.92 Å². The molecule has 2 nitrogen and oxygen atoms in total. The lowest BCUT2D eigenvalue weighted by molar-refractivity contribution is 0.579. The van der Waals surface area contributed by atoms with Crippen LogP contribution in [-0.2, 0) is 0 Å². The van der Waals surface area contributed by atoms with Crippen LogP contribution in [0.15, 0.2) is 53.1 Å². The summed E-state index contributed by atoms with van der Waals surface area (Å²) >= 11 is 0. The van der Waals surface area contributed by atoms with Crippen molar-refractivity contribution in [2.75, 3.05) is 0 Å². The van der Waals surface area contributed by atoms with E-state index in [1.807, 2.05) is 13.1 Å². The Bertz CT molecular complexity index is 1160. The van der Waals surface area contributed by atoms with Crippen LogP contribution >= 0.6 is 0 Å². The zero-order valence-electron chi connectivity index (χ0n) is 17.0. The van der Waals surface area contributed by atoms with Crippen molar-refractivity contribution in [2.24, 2.45) is 0 Å². The molecule has 2 aromatic heterocycles. The molecule has 0 bridgehead atoms. The number of rotatable bonds is 3. The highest BCUT2D eigenvalue weighted by atomic mass is 16.3. The van der Waals surface area contributed by atoms with Gasteiger partial charge < -0.3 is 4.42 Å². The Morgan fingerprint density at radius 1 is 0.964 bits per heavy atom. The van der Waals surface area contributed by atoms with E-state index < -0.39 is 0 Å². The van der Waals surface area contributed by atoms with Crippen LogP contribution in [0.4, 0.5) is 0 Å². The van der Waals surface area contributed by atoms with Gasteiger partial charge in [0.15, 0.2) is 0 Å². The second kappa shape index (κ2) is 6.77. The molecule has 0 aliphatic heterocycles. The Morgan fingerprint density at radius 3 is 2.57 bits per heavy atom. The first-order chi connectivity index (χ1) is 13.6. The number of aromatic nitrogens is 1. The molecule has 1 saturated carbocycles. The van der Waals surface area contributed by atoms with Crippen LogP contribution in [0.2, 0.25) is 0 Å². The molecule has 0 saturated heterocycles. The maximum Gasteiger partial charge on any atom is 0.143 e. The summed E-state index contributed by atoms with van der Waals surface area (Å²) in [4.78, 5) is 4.80. The van der Waals surface area contributed by atoms with Crippen molar-refractivity contribution < 1.29 is 4.42 Å². The average Bonchev–Trinajstić information content (AvgIpc) is 3.35. The normalized spacial score (nSPS) is 15.3. The first-order valence-electron chi connectivity index (χ1n) is 10.5. The molecular formula is C26H27NO. The summed E-state index contributed by atoms with van der Waals surface area (Å²) < 4.78 is 6.10. The Kier molecular flexibility index (Phi) is 4.23.